The van der Waals surface area contributed by atoms with Gasteiger partial charge in [0.15, 0.2) is 0 Å². The van der Waals surface area contributed by atoms with E-state index in [4.69, 9.17) is 0 Å². The quantitative estimate of drug-likeness (QED) is 0.792. The van der Waals surface area contributed by atoms with Crippen LogP contribution in [0.2, 0.25) is 0 Å². The molecule has 1 heterocycles. The molecule has 0 saturated heterocycles. The number of aromatic amines is 1. The predicted octanol–water partition coefficient (Wildman–Crippen LogP) is 1.74. The fraction of sp³-hybridized carbons (Fsp3) is 0.389. The highest BCUT2D eigenvalue weighted by molar-refractivity contribution is 5.93. The molecule has 6 heteroatoms. The van der Waals surface area contributed by atoms with Gasteiger partial charge in [-0.2, -0.15) is 4.98 Å². The van der Waals surface area contributed by atoms with Gasteiger partial charge in [0.2, 0.25) is 0 Å². The number of rotatable bonds is 6. The van der Waals surface area contributed by atoms with Crippen LogP contribution in [0.15, 0.2) is 29.1 Å². The summed E-state index contributed by atoms with van der Waals surface area (Å²) in [6.45, 7) is 5.47. The third-order valence-electron chi connectivity index (χ3n) is 3.86. The molecular formula is C18H24N4O2. The minimum atomic E-state index is -0.524. The molecule has 0 aliphatic carbocycles. The first-order valence-corrected chi connectivity index (χ1v) is 7.99. The van der Waals surface area contributed by atoms with Gasteiger partial charge in [-0.15, -0.1) is 0 Å². The molecule has 2 N–H and O–H groups in total. The SMILES string of the molecule is Cc1ccc(-c2cc(C(=O)NCCCN(C)C)[nH]c(=O)n2)cc1C. The van der Waals surface area contributed by atoms with Crippen molar-refractivity contribution in [3.05, 3.63) is 51.6 Å². The van der Waals surface area contributed by atoms with Gasteiger partial charge in [0.1, 0.15) is 5.69 Å². The zero-order chi connectivity index (χ0) is 17.7. The fourth-order valence-electron chi connectivity index (χ4n) is 2.32. The summed E-state index contributed by atoms with van der Waals surface area (Å²) in [5.41, 5.74) is 3.31. The van der Waals surface area contributed by atoms with E-state index in [1.54, 1.807) is 6.07 Å². The lowest BCUT2D eigenvalue weighted by molar-refractivity contribution is 0.0947. The number of aryl methyl sites for hydroxylation is 2. The van der Waals surface area contributed by atoms with Crippen molar-refractivity contribution in [3.8, 4) is 11.3 Å². The monoisotopic (exact) mass is 328 g/mol. The Hall–Kier alpha value is -2.47. The maximum absolute atomic E-state index is 12.2. The molecule has 1 amide bonds. The van der Waals surface area contributed by atoms with Crippen LogP contribution < -0.4 is 11.0 Å². The van der Waals surface area contributed by atoms with Crippen molar-refractivity contribution in [1.29, 1.82) is 0 Å². The van der Waals surface area contributed by atoms with E-state index in [1.165, 1.54) is 5.56 Å². The highest BCUT2D eigenvalue weighted by atomic mass is 16.2. The molecule has 0 spiro atoms. The van der Waals surface area contributed by atoms with E-state index < -0.39 is 5.69 Å². The number of aromatic nitrogens is 2. The normalized spacial score (nSPS) is 10.9. The first-order valence-electron chi connectivity index (χ1n) is 7.99. The molecule has 0 bridgehead atoms. The van der Waals surface area contributed by atoms with Gasteiger partial charge in [-0.05, 0) is 64.2 Å². The number of H-pyrrole nitrogens is 1. The summed E-state index contributed by atoms with van der Waals surface area (Å²) < 4.78 is 0. The van der Waals surface area contributed by atoms with Gasteiger partial charge >= 0.3 is 5.69 Å². The van der Waals surface area contributed by atoms with E-state index in [2.05, 4.69) is 20.2 Å². The van der Waals surface area contributed by atoms with Gasteiger partial charge in [0.05, 0.1) is 5.69 Å². The first kappa shape index (κ1) is 17.9. The zero-order valence-electron chi connectivity index (χ0n) is 14.6. The summed E-state index contributed by atoms with van der Waals surface area (Å²) in [7, 11) is 3.97. The van der Waals surface area contributed by atoms with Gasteiger partial charge < -0.3 is 15.2 Å². The molecule has 24 heavy (non-hydrogen) atoms. The fourth-order valence-corrected chi connectivity index (χ4v) is 2.32. The third-order valence-corrected chi connectivity index (χ3v) is 3.86. The van der Waals surface area contributed by atoms with E-state index in [0.29, 0.717) is 12.2 Å². The Balaban J connectivity index is 2.17. The van der Waals surface area contributed by atoms with Crippen LogP contribution >= 0.6 is 0 Å². The van der Waals surface area contributed by atoms with Gasteiger partial charge in [-0.3, -0.25) is 4.79 Å². The molecule has 0 fully saturated rings. The Kier molecular flexibility index (Phi) is 5.87. The number of nitrogens with one attached hydrogen (secondary N) is 2. The molecule has 0 saturated carbocycles. The highest BCUT2D eigenvalue weighted by Crippen LogP contribution is 2.19. The molecule has 2 rings (SSSR count). The lowest BCUT2D eigenvalue weighted by atomic mass is 10.0. The number of nitrogens with zero attached hydrogens (tertiary/aromatic N) is 2. The third kappa shape index (κ3) is 4.76. The van der Waals surface area contributed by atoms with Crippen LogP contribution in [0.5, 0.6) is 0 Å². The van der Waals surface area contributed by atoms with Crippen LogP contribution in [0, 0.1) is 13.8 Å². The van der Waals surface area contributed by atoms with Gasteiger partial charge in [0, 0.05) is 12.1 Å². The minimum Gasteiger partial charge on any atom is -0.351 e. The molecule has 0 aliphatic heterocycles. The average Bonchev–Trinajstić information content (AvgIpc) is 2.53. The number of hydrogen-bond acceptors (Lipinski definition) is 4. The molecule has 0 radical (unpaired) electrons. The van der Waals surface area contributed by atoms with Crippen LogP contribution in [-0.4, -0.2) is 48.0 Å². The summed E-state index contributed by atoms with van der Waals surface area (Å²) in [5, 5.41) is 2.82. The maximum Gasteiger partial charge on any atom is 0.346 e. The smallest absolute Gasteiger partial charge is 0.346 e. The van der Waals surface area contributed by atoms with E-state index in [9.17, 15) is 9.59 Å². The molecule has 128 valence electrons. The molecule has 0 atom stereocenters. The summed E-state index contributed by atoms with van der Waals surface area (Å²) in [6.07, 6.45) is 0.845. The second kappa shape index (κ2) is 7.88. The topological polar surface area (TPSA) is 78.1 Å². The predicted molar refractivity (Wildman–Crippen MR) is 95.3 cm³/mol. The van der Waals surface area contributed by atoms with E-state index >= 15 is 0 Å². The number of carbonyl (C=O) groups is 1. The Morgan fingerprint density at radius 3 is 2.62 bits per heavy atom. The lowest BCUT2D eigenvalue weighted by Gasteiger charge is -2.10. The Morgan fingerprint density at radius 2 is 1.96 bits per heavy atom. The molecule has 0 aliphatic rings. The van der Waals surface area contributed by atoms with Crippen molar-refractivity contribution in [3.63, 3.8) is 0 Å². The van der Waals surface area contributed by atoms with Crippen LogP contribution in [-0.2, 0) is 0 Å². The van der Waals surface area contributed by atoms with Gasteiger partial charge in [-0.25, -0.2) is 4.79 Å². The molecule has 1 aromatic heterocycles. The Bertz CT molecular complexity index is 781. The first-order chi connectivity index (χ1) is 11.4. The number of carbonyl (C=O) groups excluding carboxylic acids is 1. The summed E-state index contributed by atoms with van der Waals surface area (Å²) in [4.78, 5) is 32.6. The lowest BCUT2D eigenvalue weighted by Crippen LogP contribution is -2.29. The van der Waals surface area contributed by atoms with Gasteiger partial charge in [-0.1, -0.05) is 12.1 Å². The van der Waals surface area contributed by atoms with E-state index in [-0.39, 0.29) is 11.6 Å². The van der Waals surface area contributed by atoms with Crippen molar-refractivity contribution in [1.82, 2.24) is 20.2 Å². The summed E-state index contributed by atoms with van der Waals surface area (Å²) in [5.74, 6) is -0.293. The maximum atomic E-state index is 12.2. The largest absolute Gasteiger partial charge is 0.351 e. The van der Waals surface area contributed by atoms with Crippen LogP contribution in [0.25, 0.3) is 11.3 Å². The van der Waals surface area contributed by atoms with Crippen LogP contribution in [0.1, 0.15) is 28.0 Å². The summed E-state index contributed by atoms with van der Waals surface area (Å²) >= 11 is 0. The van der Waals surface area contributed by atoms with Crippen molar-refractivity contribution in [2.45, 2.75) is 20.3 Å². The summed E-state index contributed by atoms with van der Waals surface area (Å²) in [6, 6.07) is 7.47. The van der Waals surface area contributed by atoms with Crippen molar-refractivity contribution < 1.29 is 4.79 Å². The molecule has 6 nitrogen and oxygen atoms in total. The van der Waals surface area contributed by atoms with Crippen molar-refractivity contribution in [2.24, 2.45) is 0 Å². The molecule has 2 aromatic rings. The standard InChI is InChI=1S/C18H24N4O2/c1-12-6-7-14(10-13(12)2)15-11-16(21-18(24)20-15)17(23)19-8-5-9-22(3)4/h6-7,10-11H,5,8-9H2,1-4H3,(H,19,23)(H,20,21,24). The second-order valence-electron chi connectivity index (χ2n) is 6.20. The molecular weight excluding hydrogens is 304 g/mol. The Morgan fingerprint density at radius 1 is 1.21 bits per heavy atom. The van der Waals surface area contributed by atoms with Crippen molar-refractivity contribution in [2.75, 3.05) is 27.2 Å². The number of hydrogen-bond donors (Lipinski definition) is 2. The van der Waals surface area contributed by atoms with Crippen molar-refractivity contribution >= 4 is 5.91 Å². The van der Waals surface area contributed by atoms with E-state index in [0.717, 1.165) is 24.1 Å². The van der Waals surface area contributed by atoms with Gasteiger partial charge in [0.25, 0.3) is 5.91 Å². The number of amides is 1. The Labute approximate surface area is 141 Å². The van der Waals surface area contributed by atoms with E-state index in [1.807, 2.05) is 46.1 Å². The highest BCUT2D eigenvalue weighted by Gasteiger charge is 2.11. The molecule has 0 unspecified atom stereocenters. The number of benzene rings is 1. The zero-order valence-corrected chi connectivity index (χ0v) is 14.6. The van der Waals surface area contributed by atoms with Crippen LogP contribution in [0.3, 0.4) is 0 Å². The average molecular weight is 328 g/mol. The minimum absolute atomic E-state index is 0.230. The molecule has 1 aromatic carbocycles. The second-order valence-corrected chi connectivity index (χ2v) is 6.20. The van der Waals surface area contributed by atoms with Crippen LogP contribution in [0.4, 0.5) is 0 Å².